The zero-order chi connectivity index (χ0) is 13.3. The molecule has 1 amide bonds. The van der Waals surface area contributed by atoms with E-state index in [1.54, 1.807) is 36.1 Å². The monoisotopic (exact) mass is 248 g/mol. The van der Waals surface area contributed by atoms with Crippen molar-refractivity contribution < 1.29 is 9.32 Å². The van der Waals surface area contributed by atoms with Gasteiger partial charge in [0, 0.05) is 25.9 Å². The summed E-state index contributed by atoms with van der Waals surface area (Å²) in [5.41, 5.74) is 2.35. The van der Waals surface area contributed by atoms with Crippen molar-refractivity contribution in [2.75, 3.05) is 7.05 Å². The molecule has 0 aliphatic heterocycles. The van der Waals surface area contributed by atoms with Gasteiger partial charge in [-0.25, -0.2) is 0 Å². The van der Waals surface area contributed by atoms with Crippen LogP contribution >= 0.6 is 0 Å². The minimum Gasteiger partial charge on any atom is -0.361 e. The Labute approximate surface area is 105 Å². The van der Waals surface area contributed by atoms with Crippen molar-refractivity contribution in [3.8, 4) is 0 Å². The summed E-state index contributed by atoms with van der Waals surface area (Å²) in [4.78, 5) is 13.8. The molecule has 0 radical (unpaired) electrons. The Bertz CT molecular complexity index is 551. The van der Waals surface area contributed by atoms with Crippen LogP contribution in [0.25, 0.3) is 0 Å². The van der Waals surface area contributed by atoms with Crippen LogP contribution in [0.15, 0.2) is 16.9 Å². The second-order valence-electron chi connectivity index (χ2n) is 4.37. The molecule has 6 heteroatoms. The Morgan fingerprint density at radius 1 is 1.50 bits per heavy atom. The van der Waals surface area contributed by atoms with Crippen molar-refractivity contribution in [1.29, 1.82) is 0 Å². The van der Waals surface area contributed by atoms with Crippen LogP contribution in [0.2, 0.25) is 0 Å². The second kappa shape index (κ2) is 4.64. The fraction of sp³-hybridized carbons (Fsp3) is 0.417. The fourth-order valence-corrected chi connectivity index (χ4v) is 1.79. The number of rotatable bonds is 3. The predicted molar refractivity (Wildman–Crippen MR) is 65.0 cm³/mol. The number of hydrogen-bond acceptors (Lipinski definition) is 4. The van der Waals surface area contributed by atoms with Crippen LogP contribution in [-0.2, 0) is 13.6 Å². The number of nitrogens with zero attached hydrogens (tertiary/aromatic N) is 4. The maximum atomic E-state index is 12.1. The molecule has 0 N–H and O–H groups in total. The molecule has 0 saturated carbocycles. The van der Waals surface area contributed by atoms with Crippen LogP contribution in [0.5, 0.6) is 0 Å². The average molecular weight is 248 g/mol. The summed E-state index contributed by atoms with van der Waals surface area (Å²) in [6, 6.07) is 0. The molecule has 0 aliphatic carbocycles. The quantitative estimate of drug-likeness (QED) is 0.821. The second-order valence-corrected chi connectivity index (χ2v) is 4.37. The zero-order valence-electron chi connectivity index (χ0n) is 11.0. The molecule has 2 rings (SSSR count). The van der Waals surface area contributed by atoms with Gasteiger partial charge in [-0.1, -0.05) is 5.16 Å². The molecule has 0 bridgehead atoms. The number of hydrogen-bond donors (Lipinski definition) is 0. The van der Waals surface area contributed by atoms with Gasteiger partial charge in [0.05, 0.1) is 24.0 Å². The van der Waals surface area contributed by atoms with E-state index in [1.165, 1.54) is 0 Å². The molecule has 0 atom stereocenters. The third-order valence-corrected chi connectivity index (χ3v) is 2.88. The van der Waals surface area contributed by atoms with Gasteiger partial charge in [-0.2, -0.15) is 5.10 Å². The Morgan fingerprint density at radius 3 is 2.72 bits per heavy atom. The maximum absolute atomic E-state index is 12.1. The Morgan fingerprint density at radius 2 is 2.22 bits per heavy atom. The summed E-state index contributed by atoms with van der Waals surface area (Å²) in [6.45, 7) is 4.20. The molecule has 0 unspecified atom stereocenters. The third kappa shape index (κ3) is 2.27. The van der Waals surface area contributed by atoms with Crippen LogP contribution in [0.3, 0.4) is 0 Å². The molecule has 0 aliphatic rings. The zero-order valence-corrected chi connectivity index (χ0v) is 11.0. The molecule has 18 heavy (non-hydrogen) atoms. The molecular formula is C12H16N4O2. The number of aryl methyl sites for hydroxylation is 3. The van der Waals surface area contributed by atoms with Gasteiger partial charge in [0.25, 0.3) is 5.91 Å². The SMILES string of the molecule is Cc1noc(C)c1CN(C)C(=O)c1cnn(C)c1. The van der Waals surface area contributed by atoms with Crippen molar-refractivity contribution in [2.24, 2.45) is 7.05 Å². The lowest BCUT2D eigenvalue weighted by molar-refractivity contribution is 0.0784. The van der Waals surface area contributed by atoms with E-state index >= 15 is 0 Å². The number of carbonyl (C=O) groups excluding carboxylic acids is 1. The minimum atomic E-state index is -0.0666. The van der Waals surface area contributed by atoms with E-state index in [4.69, 9.17) is 4.52 Å². The molecule has 0 spiro atoms. The number of carbonyl (C=O) groups is 1. The van der Waals surface area contributed by atoms with E-state index in [-0.39, 0.29) is 5.91 Å². The first kappa shape index (κ1) is 12.3. The first-order valence-electron chi connectivity index (χ1n) is 5.65. The van der Waals surface area contributed by atoms with Crippen LogP contribution in [0, 0.1) is 13.8 Å². The Kier molecular flexibility index (Phi) is 3.18. The lowest BCUT2D eigenvalue weighted by atomic mass is 10.2. The molecule has 0 saturated heterocycles. The smallest absolute Gasteiger partial charge is 0.257 e. The van der Waals surface area contributed by atoms with Gasteiger partial charge >= 0.3 is 0 Å². The summed E-state index contributed by atoms with van der Waals surface area (Å²) in [5, 5.41) is 7.87. The fourth-order valence-electron chi connectivity index (χ4n) is 1.79. The maximum Gasteiger partial charge on any atom is 0.257 e. The highest BCUT2D eigenvalue weighted by Crippen LogP contribution is 2.15. The Hall–Kier alpha value is -2.11. The van der Waals surface area contributed by atoms with E-state index in [1.807, 2.05) is 13.8 Å². The van der Waals surface area contributed by atoms with E-state index in [9.17, 15) is 4.79 Å². The standard InChI is InChI=1S/C12H16N4O2/c1-8-11(9(2)18-14-8)7-15(3)12(17)10-5-13-16(4)6-10/h5-6H,7H2,1-4H3. The van der Waals surface area contributed by atoms with Gasteiger partial charge in [-0.15, -0.1) is 0 Å². The molecule has 2 aromatic rings. The molecule has 0 aromatic carbocycles. The van der Waals surface area contributed by atoms with Gasteiger partial charge < -0.3 is 9.42 Å². The number of aromatic nitrogens is 3. The lowest BCUT2D eigenvalue weighted by Crippen LogP contribution is -2.26. The first-order valence-corrected chi connectivity index (χ1v) is 5.65. The summed E-state index contributed by atoms with van der Waals surface area (Å²) in [5.74, 6) is 0.682. The van der Waals surface area contributed by atoms with E-state index in [2.05, 4.69) is 10.3 Å². The van der Waals surface area contributed by atoms with Gasteiger partial charge in [0.15, 0.2) is 0 Å². The Balaban J connectivity index is 2.13. The van der Waals surface area contributed by atoms with E-state index in [0.29, 0.717) is 12.1 Å². The highest BCUT2D eigenvalue weighted by Gasteiger charge is 2.17. The molecule has 6 nitrogen and oxygen atoms in total. The van der Waals surface area contributed by atoms with Gasteiger partial charge in [0.2, 0.25) is 0 Å². The lowest BCUT2D eigenvalue weighted by Gasteiger charge is -2.15. The molecule has 96 valence electrons. The summed E-state index contributed by atoms with van der Waals surface area (Å²) in [6.07, 6.45) is 3.26. The summed E-state index contributed by atoms with van der Waals surface area (Å²) >= 11 is 0. The summed E-state index contributed by atoms with van der Waals surface area (Å²) < 4.78 is 6.69. The van der Waals surface area contributed by atoms with Crippen molar-refractivity contribution in [3.05, 3.63) is 35.0 Å². The van der Waals surface area contributed by atoms with Crippen LogP contribution in [0.1, 0.15) is 27.4 Å². The molecule has 0 fully saturated rings. The largest absolute Gasteiger partial charge is 0.361 e. The van der Waals surface area contributed by atoms with E-state index < -0.39 is 0 Å². The molecule has 2 aromatic heterocycles. The minimum absolute atomic E-state index is 0.0666. The topological polar surface area (TPSA) is 64.2 Å². The molecule has 2 heterocycles. The van der Waals surface area contributed by atoms with Crippen LogP contribution in [-0.4, -0.2) is 32.8 Å². The normalized spacial score (nSPS) is 10.7. The van der Waals surface area contributed by atoms with Crippen molar-refractivity contribution in [3.63, 3.8) is 0 Å². The van der Waals surface area contributed by atoms with Crippen LogP contribution in [0.4, 0.5) is 0 Å². The van der Waals surface area contributed by atoms with Crippen LogP contribution < -0.4 is 0 Å². The third-order valence-electron chi connectivity index (χ3n) is 2.88. The van der Waals surface area contributed by atoms with Gasteiger partial charge in [-0.05, 0) is 13.8 Å². The first-order chi connectivity index (χ1) is 8.49. The van der Waals surface area contributed by atoms with Gasteiger partial charge in [0.1, 0.15) is 5.76 Å². The van der Waals surface area contributed by atoms with Crippen molar-refractivity contribution in [1.82, 2.24) is 19.8 Å². The number of amides is 1. The average Bonchev–Trinajstić information content (AvgIpc) is 2.89. The van der Waals surface area contributed by atoms with Gasteiger partial charge in [-0.3, -0.25) is 9.48 Å². The highest BCUT2D eigenvalue weighted by molar-refractivity contribution is 5.93. The van der Waals surface area contributed by atoms with E-state index in [0.717, 1.165) is 17.0 Å². The summed E-state index contributed by atoms with van der Waals surface area (Å²) in [7, 11) is 3.53. The van der Waals surface area contributed by atoms with Crippen molar-refractivity contribution >= 4 is 5.91 Å². The molecular weight excluding hydrogens is 232 g/mol. The van der Waals surface area contributed by atoms with Crippen molar-refractivity contribution in [2.45, 2.75) is 20.4 Å². The predicted octanol–water partition coefficient (Wildman–Crippen LogP) is 1.30. The highest BCUT2D eigenvalue weighted by atomic mass is 16.5.